The predicted octanol–water partition coefficient (Wildman–Crippen LogP) is 3.50. The minimum Gasteiger partial charge on any atom is -0.497 e. The van der Waals surface area contributed by atoms with Crippen molar-refractivity contribution in [3.8, 4) is 11.5 Å². The van der Waals surface area contributed by atoms with Crippen molar-refractivity contribution in [2.24, 2.45) is 0 Å². The Bertz CT molecular complexity index is 849. The Hall–Kier alpha value is -2.86. The third kappa shape index (κ3) is 6.56. The lowest BCUT2D eigenvalue weighted by Gasteiger charge is -2.22. The number of methoxy groups -OCH3 is 2. The number of nitrogens with two attached hydrogens (primary N) is 1. The highest BCUT2D eigenvalue weighted by Gasteiger charge is 2.19. The normalized spacial score (nSPS) is 13.1. The van der Waals surface area contributed by atoms with E-state index in [1.165, 1.54) is 5.56 Å². The van der Waals surface area contributed by atoms with Crippen molar-refractivity contribution >= 4 is 0 Å². The summed E-state index contributed by atoms with van der Waals surface area (Å²) in [4.78, 5) is 0. The molecule has 3 aromatic carbocycles. The Labute approximate surface area is 184 Å². The second-order valence-corrected chi connectivity index (χ2v) is 7.58. The molecule has 31 heavy (non-hydrogen) atoms. The van der Waals surface area contributed by atoms with Gasteiger partial charge in [0.2, 0.25) is 0 Å². The fourth-order valence-corrected chi connectivity index (χ4v) is 3.47. The molecule has 0 aliphatic carbocycles. The third-order valence-electron chi connectivity index (χ3n) is 5.38. The highest BCUT2D eigenvalue weighted by molar-refractivity contribution is 5.36. The van der Waals surface area contributed by atoms with Crippen LogP contribution in [0.15, 0.2) is 78.9 Å². The van der Waals surface area contributed by atoms with Gasteiger partial charge in [-0.3, -0.25) is 0 Å². The summed E-state index contributed by atoms with van der Waals surface area (Å²) in [6.07, 6.45) is -0.872. The van der Waals surface area contributed by atoms with Crippen LogP contribution in [0.4, 0.5) is 0 Å². The summed E-state index contributed by atoms with van der Waals surface area (Å²) < 4.78 is 16.8. The number of ether oxygens (including phenoxy) is 3. The minimum atomic E-state index is -0.579. The molecule has 0 radical (unpaired) electrons. The summed E-state index contributed by atoms with van der Waals surface area (Å²) in [6, 6.07) is 26.2. The molecular formula is C26H32NO4+. The summed E-state index contributed by atoms with van der Waals surface area (Å²) in [5, 5.41) is 12.7. The van der Waals surface area contributed by atoms with Crippen LogP contribution in [-0.4, -0.2) is 38.6 Å². The number of aliphatic hydroxyl groups is 1. The van der Waals surface area contributed by atoms with Crippen LogP contribution in [0, 0.1) is 0 Å². The Morgan fingerprint density at radius 2 is 1.26 bits per heavy atom. The molecule has 0 aliphatic heterocycles. The first kappa shape index (κ1) is 22.8. The molecule has 0 amide bonds. The van der Waals surface area contributed by atoms with Gasteiger partial charge in [0.05, 0.1) is 20.8 Å². The molecule has 0 saturated carbocycles. The van der Waals surface area contributed by atoms with Crippen molar-refractivity contribution in [2.75, 3.05) is 27.4 Å². The Morgan fingerprint density at radius 1 is 0.742 bits per heavy atom. The average Bonchev–Trinajstić information content (AvgIpc) is 2.84. The van der Waals surface area contributed by atoms with Gasteiger partial charge in [-0.2, -0.15) is 0 Å². The second kappa shape index (κ2) is 11.5. The van der Waals surface area contributed by atoms with Gasteiger partial charge in [0, 0.05) is 5.56 Å². The van der Waals surface area contributed by atoms with Crippen molar-refractivity contribution < 1.29 is 24.6 Å². The van der Waals surface area contributed by atoms with Gasteiger partial charge in [0.15, 0.2) is 0 Å². The van der Waals surface area contributed by atoms with Crippen molar-refractivity contribution in [2.45, 2.75) is 25.2 Å². The van der Waals surface area contributed by atoms with E-state index < -0.39 is 6.10 Å². The second-order valence-electron chi connectivity index (χ2n) is 7.58. The zero-order chi connectivity index (χ0) is 22.1. The number of hydrogen-bond donors (Lipinski definition) is 2. The monoisotopic (exact) mass is 422 g/mol. The Kier molecular flexibility index (Phi) is 8.47. The molecule has 5 nitrogen and oxygen atoms in total. The van der Waals surface area contributed by atoms with Crippen LogP contribution in [-0.2, 0) is 4.74 Å². The molecule has 3 aromatic rings. The van der Waals surface area contributed by atoms with E-state index >= 15 is 0 Å². The van der Waals surface area contributed by atoms with Crippen LogP contribution < -0.4 is 14.8 Å². The van der Waals surface area contributed by atoms with Gasteiger partial charge in [0.1, 0.15) is 36.3 Å². The average molecular weight is 423 g/mol. The van der Waals surface area contributed by atoms with E-state index in [1.54, 1.807) is 14.2 Å². The first-order chi connectivity index (χ1) is 15.1. The predicted molar refractivity (Wildman–Crippen MR) is 121 cm³/mol. The summed E-state index contributed by atoms with van der Waals surface area (Å²) >= 11 is 0. The lowest BCUT2D eigenvalue weighted by molar-refractivity contribution is -0.698. The molecular weight excluding hydrogens is 390 g/mol. The van der Waals surface area contributed by atoms with Gasteiger partial charge < -0.3 is 24.6 Å². The summed E-state index contributed by atoms with van der Waals surface area (Å²) in [7, 11) is 3.30. The quantitative estimate of drug-likeness (QED) is 0.497. The Morgan fingerprint density at radius 3 is 1.74 bits per heavy atom. The molecule has 0 saturated heterocycles. The molecule has 3 rings (SSSR count). The van der Waals surface area contributed by atoms with E-state index in [0.29, 0.717) is 6.54 Å². The van der Waals surface area contributed by atoms with Crippen molar-refractivity contribution in [3.63, 3.8) is 0 Å². The van der Waals surface area contributed by atoms with Gasteiger partial charge in [-0.25, -0.2) is 0 Å². The molecule has 5 heteroatoms. The van der Waals surface area contributed by atoms with Crippen LogP contribution in [0.2, 0.25) is 0 Å². The van der Waals surface area contributed by atoms with Crippen LogP contribution in [0.3, 0.4) is 0 Å². The lowest BCUT2D eigenvalue weighted by atomic mass is 10.0. The van der Waals surface area contributed by atoms with Gasteiger partial charge in [-0.1, -0.05) is 54.6 Å². The topological polar surface area (TPSA) is 64.5 Å². The van der Waals surface area contributed by atoms with Crippen LogP contribution in [0.25, 0.3) is 0 Å². The van der Waals surface area contributed by atoms with E-state index in [2.05, 4.69) is 24.4 Å². The minimum absolute atomic E-state index is 0.237. The standard InChI is InChI=1S/C26H31NO4/c1-19(20-7-5-4-6-8-20)27-17-23(28)18-31-26(21-9-13-24(29-2)14-10-21)22-11-15-25(30-3)16-12-22/h4-16,19,23,26-28H,17-18H2,1-3H3/p+1/t19-,23-/m0/s1. The van der Waals surface area contributed by atoms with Gasteiger partial charge in [-0.15, -0.1) is 0 Å². The highest BCUT2D eigenvalue weighted by Crippen LogP contribution is 2.29. The molecule has 0 heterocycles. The third-order valence-corrected chi connectivity index (χ3v) is 5.38. The molecule has 164 valence electrons. The van der Waals surface area contributed by atoms with E-state index in [-0.39, 0.29) is 18.8 Å². The van der Waals surface area contributed by atoms with E-state index in [0.717, 1.165) is 22.6 Å². The molecule has 0 fully saturated rings. The van der Waals surface area contributed by atoms with E-state index in [9.17, 15) is 5.11 Å². The van der Waals surface area contributed by atoms with Crippen molar-refractivity contribution in [3.05, 3.63) is 95.6 Å². The fraction of sp³-hybridized carbons (Fsp3) is 0.308. The highest BCUT2D eigenvalue weighted by atomic mass is 16.5. The first-order valence-electron chi connectivity index (χ1n) is 10.6. The molecule has 2 atom stereocenters. The smallest absolute Gasteiger partial charge is 0.126 e. The van der Waals surface area contributed by atoms with Crippen LogP contribution in [0.5, 0.6) is 11.5 Å². The number of quaternary nitrogens is 1. The molecule has 0 spiro atoms. The number of benzene rings is 3. The molecule has 0 aromatic heterocycles. The number of hydrogen-bond acceptors (Lipinski definition) is 4. The maximum Gasteiger partial charge on any atom is 0.126 e. The summed E-state index contributed by atoms with van der Waals surface area (Å²) in [6.45, 7) is 2.94. The van der Waals surface area contributed by atoms with Gasteiger partial charge >= 0.3 is 0 Å². The molecule has 0 bridgehead atoms. The largest absolute Gasteiger partial charge is 0.497 e. The van der Waals surface area contributed by atoms with E-state index in [1.807, 2.05) is 66.7 Å². The van der Waals surface area contributed by atoms with Crippen molar-refractivity contribution in [1.82, 2.24) is 0 Å². The SMILES string of the molecule is COc1ccc(C(OC[C@@H](O)C[NH2+][C@@H](C)c2ccccc2)c2ccc(OC)cc2)cc1. The molecule has 0 aliphatic rings. The Balaban J connectivity index is 1.64. The van der Waals surface area contributed by atoms with E-state index in [4.69, 9.17) is 14.2 Å². The molecule has 3 N–H and O–H groups in total. The maximum atomic E-state index is 10.6. The van der Waals surface area contributed by atoms with Crippen LogP contribution in [0.1, 0.15) is 35.8 Å². The van der Waals surface area contributed by atoms with Crippen molar-refractivity contribution in [1.29, 1.82) is 0 Å². The molecule has 0 unspecified atom stereocenters. The zero-order valence-corrected chi connectivity index (χ0v) is 18.4. The fourth-order valence-electron chi connectivity index (χ4n) is 3.47. The zero-order valence-electron chi connectivity index (χ0n) is 18.4. The van der Waals surface area contributed by atoms with Gasteiger partial charge in [-0.05, 0) is 42.3 Å². The summed E-state index contributed by atoms with van der Waals surface area (Å²) in [5.41, 5.74) is 3.24. The maximum absolute atomic E-state index is 10.6. The lowest BCUT2D eigenvalue weighted by Crippen LogP contribution is -2.87. The summed E-state index contributed by atoms with van der Waals surface area (Å²) in [5.74, 6) is 1.59. The van der Waals surface area contributed by atoms with Crippen LogP contribution >= 0.6 is 0 Å². The number of aliphatic hydroxyl groups excluding tert-OH is 1. The number of rotatable bonds is 11. The van der Waals surface area contributed by atoms with Gasteiger partial charge in [0.25, 0.3) is 0 Å². The first-order valence-corrected chi connectivity index (χ1v) is 10.6.